The molecule has 0 N–H and O–H groups in total. The lowest BCUT2D eigenvalue weighted by Gasteiger charge is -2.28. The summed E-state index contributed by atoms with van der Waals surface area (Å²) in [5.41, 5.74) is 8.74. The lowest BCUT2D eigenvalue weighted by atomic mass is 10.1. The average molecular weight is 580 g/mol. The molecule has 6 nitrogen and oxygen atoms in total. The van der Waals surface area contributed by atoms with Crippen LogP contribution in [0.3, 0.4) is 0 Å². The van der Waals surface area contributed by atoms with Crippen molar-refractivity contribution in [3.8, 4) is 0 Å². The van der Waals surface area contributed by atoms with Gasteiger partial charge in [0.15, 0.2) is 5.52 Å². The number of anilines is 1. The van der Waals surface area contributed by atoms with Gasteiger partial charge in [-0.05, 0) is 105 Å². The first-order chi connectivity index (χ1) is 20.3. The number of nitrogens with zero attached hydrogens (tertiary/aromatic N) is 3. The maximum Gasteiger partial charge on any atom is 0.292 e. The Bertz CT molecular complexity index is 1990. The predicted octanol–water partition coefficient (Wildman–Crippen LogP) is 7.22. The van der Waals surface area contributed by atoms with Crippen LogP contribution in [0.25, 0.3) is 33.0 Å². The van der Waals surface area contributed by atoms with Crippen LogP contribution in [0.4, 0.5) is 5.69 Å². The lowest BCUT2D eigenvalue weighted by molar-refractivity contribution is -0.479. The maximum atomic E-state index is 10.4. The highest BCUT2D eigenvalue weighted by molar-refractivity contribution is 7.85. The van der Waals surface area contributed by atoms with Crippen molar-refractivity contribution in [2.45, 2.75) is 57.3 Å². The largest absolute Gasteiger partial charge is 0.744 e. The van der Waals surface area contributed by atoms with E-state index < -0.39 is 10.1 Å². The Labute approximate surface area is 247 Å². The Balaban J connectivity index is 0.000000244. The molecule has 7 rings (SSSR count). The third kappa shape index (κ3) is 5.72. The molecular weight excluding hydrogens is 542 g/mol. The third-order valence-corrected chi connectivity index (χ3v) is 9.14. The van der Waals surface area contributed by atoms with Crippen LogP contribution in [-0.4, -0.2) is 30.5 Å². The van der Waals surface area contributed by atoms with Crippen LogP contribution in [0, 0.1) is 6.92 Å². The third-order valence-electron chi connectivity index (χ3n) is 8.29. The summed E-state index contributed by atoms with van der Waals surface area (Å²) in [5, 5.41) is 2.63. The number of rotatable bonds is 5. The van der Waals surface area contributed by atoms with Gasteiger partial charge >= 0.3 is 0 Å². The standard InChI is InChI=1S/C28H30N3.C7H8O3S/c1-2-3-7-21-8-13-26-22(18-21)10-15-28-30(26)20-25-11-9-23-19-24(12-14-27(23)31(25)28)29-16-5-4-6-17-29;1-6-2-4-7(5-3-6)11(8,9)10/h8-15,18-20H,2-7,16-17H2,1H3;2-5H,1H3,(H,8,9,10)/q+1;/p-1. The summed E-state index contributed by atoms with van der Waals surface area (Å²) < 4.78 is 35.9. The Morgan fingerprint density at radius 3 is 2.33 bits per heavy atom. The van der Waals surface area contributed by atoms with Crippen LogP contribution >= 0.6 is 0 Å². The summed E-state index contributed by atoms with van der Waals surface area (Å²) in [6.07, 6.45) is 9.92. The highest BCUT2D eigenvalue weighted by atomic mass is 32.2. The van der Waals surface area contributed by atoms with Crippen molar-refractivity contribution in [3.63, 3.8) is 0 Å². The van der Waals surface area contributed by atoms with Crippen molar-refractivity contribution < 1.29 is 17.4 Å². The molecule has 42 heavy (non-hydrogen) atoms. The van der Waals surface area contributed by atoms with Crippen LogP contribution in [-0.2, 0) is 16.5 Å². The van der Waals surface area contributed by atoms with E-state index in [0.29, 0.717) is 0 Å². The molecule has 3 aromatic heterocycles. The summed E-state index contributed by atoms with van der Waals surface area (Å²) in [6.45, 7) is 6.44. The first kappa shape index (κ1) is 28.2. The monoisotopic (exact) mass is 579 g/mol. The molecule has 216 valence electrons. The number of hydrogen-bond acceptors (Lipinski definition) is 4. The molecule has 1 aliphatic rings. The molecule has 0 aliphatic carbocycles. The van der Waals surface area contributed by atoms with Crippen molar-refractivity contribution >= 4 is 48.8 Å². The summed E-state index contributed by atoms with van der Waals surface area (Å²) in [5.74, 6) is 0. The molecule has 6 aromatic rings. The second kappa shape index (κ2) is 11.7. The van der Waals surface area contributed by atoms with Crippen molar-refractivity contribution in [1.82, 2.24) is 4.40 Å². The number of fused-ring (bicyclic) bond motifs is 7. The topological polar surface area (TPSA) is 69.0 Å². The fourth-order valence-corrected chi connectivity index (χ4v) is 6.46. The molecule has 0 saturated carbocycles. The van der Waals surface area contributed by atoms with Crippen LogP contribution in [0.15, 0.2) is 96.0 Å². The van der Waals surface area contributed by atoms with E-state index in [1.54, 1.807) is 12.1 Å². The molecule has 0 amide bonds. The summed E-state index contributed by atoms with van der Waals surface area (Å²) in [4.78, 5) is 2.36. The van der Waals surface area contributed by atoms with Gasteiger partial charge in [-0.2, -0.15) is 8.80 Å². The molecule has 0 radical (unpaired) electrons. The van der Waals surface area contributed by atoms with Crippen molar-refractivity contribution in [3.05, 3.63) is 102 Å². The number of hydrogen-bond donors (Lipinski definition) is 0. The molecule has 3 aromatic carbocycles. The van der Waals surface area contributed by atoms with Gasteiger partial charge in [0.2, 0.25) is 0 Å². The van der Waals surface area contributed by atoms with Gasteiger partial charge in [-0.3, -0.25) is 0 Å². The van der Waals surface area contributed by atoms with Crippen LogP contribution in [0.5, 0.6) is 0 Å². The van der Waals surface area contributed by atoms with Crippen LogP contribution < -0.4 is 9.30 Å². The summed E-state index contributed by atoms with van der Waals surface area (Å²) in [7, 11) is -4.27. The summed E-state index contributed by atoms with van der Waals surface area (Å²) >= 11 is 0. The lowest BCUT2D eigenvalue weighted by Crippen LogP contribution is -2.29. The van der Waals surface area contributed by atoms with Gasteiger partial charge in [-0.15, -0.1) is 0 Å². The van der Waals surface area contributed by atoms with Crippen LogP contribution in [0.2, 0.25) is 0 Å². The Hall–Kier alpha value is -3.94. The highest BCUT2D eigenvalue weighted by Crippen LogP contribution is 2.27. The fourth-order valence-electron chi connectivity index (χ4n) is 5.99. The first-order valence-corrected chi connectivity index (χ1v) is 16.3. The molecule has 1 saturated heterocycles. The molecule has 7 heteroatoms. The van der Waals surface area contributed by atoms with Crippen molar-refractivity contribution in [2.24, 2.45) is 0 Å². The maximum absolute atomic E-state index is 10.4. The Morgan fingerprint density at radius 2 is 1.60 bits per heavy atom. The Kier molecular flexibility index (Phi) is 7.88. The number of unbranched alkanes of at least 4 members (excludes halogenated alkanes) is 1. The summed E-state index contributed by atoms with van der Waals surface area (Å²) in [6, 6.07) is 28.8. The van der Waals surface area contributed by atoms with Crippen molar-refractivity contribution in [1.29, 1.82) is 0 Å². The Morgan fingerprint density at radius 1 is 0.833 bits per heavy atom. The van der Waals surface area contributed by atoms with E-state index in [9.17, 15) is 13.0 Å². The molecule has 0 atom stereocenters. The zero-order valence-electron chi connectivity index (χ0n) is 24.3. The first-order valence-electron chi connectivity index (χ1n) is 14.9. The van der Waals surface area contributed by atoms with E-state index in [0.717, 1.165) is 12.0 Å². The second-order valence-corrected chi connectivity index (χ2v) is 12.7. The minimum atomic E-state index is -4.27. The van der Waals surface area contributed by atoms with Gasteiger partial charge in [0.25, 0.3) is 5.65 Å². The number of benzene rings is 3. The fraction of sp³-hybridized carbons (Fsp3) is 0.286. The van der Waals surface area contributed by atoms with Gasteiger partial charge in [0.05, 0.1) is 4.90 Å². The van der Waals surface area contributed by atoms with E-state index in [1.807, 2.05) is 6.92 Å². The quantitative estimate of drug-likeness (QED) is 0.160. The molecule has 1 aliphatic heterocycles. The molecule has 0 unspecified atom stereocenters. The highest BCUT2D eigenvalue weighted by Gasteiger charge is 2.18. The predicted molar refractivity (Wildman–Crippen MR) is 169 cm³/mol. The number of pyridine rings is 2. The van der Waals surface area contributed by atoms with E-state index >= 15 is 0 Å². The number of imidazole rings is 1. The molecular formula is C35H37N3O3S. The van der Waals surface area contributed by atoms with E-state index in [2.05, 4.69) is 87.5 Å². The van der Waals surface area contributed by atoms with Gasteiger partial charge in [0.1, 0.15) is 27.3 Å². The smallest absolute Gasteiger partial charge is 0.292 e. The molecule has 0 spiro atoms. The zero-order valence-corrected chi connectivity index (χ0v) is 25.1. The van der Waals surface area contributed by atoms with E-state index in [1.165, 1.54) is 102 Å². The second-order valence-electron chi connectivity index (χ2n) is 11.3. The SMILES string of the molecule is CCCCc1ccc2c(ccc3n4c(ccc5cc(N6CCCCC6)ccc54)c[n+]23)c1.Cc1ccc(S(=O)(=O)[O-])cc1. The molecule has 4 heterocycles. The minimum absolute atomic E-state index is 0.178. The normalized spacial score (nSPS) is 14.0. The van der Waals surface area contributed by atoms with Gasteiger partial charge in [0, 0.05) is 35.6 Å². The molecule has 0 bridgehead atoms. The van der Waals surface area contributed by atoms with E-state index in [4.69, 9.17) is 0 Å². The van der Waals surface area contributed by atoms with E-state index in [-0.39, 0.29) is 4.90 Å². The number of aromatic nitrogens is 2. The van der Waals surface area contributed by atoms with Gasteiger partial charge in [-0.1, -0.05) is 37.1 Å². The van der Waals surface area contributed by atoms with Gasteiger partial charge in [-0.25, -0.2) is 8.42 Å². The van der Waals surface area contributed by atoms with Crippen molar-refractivity contribution in [2.75, 3.05) is 18.0 Å². The zero-order chi connectivity index (χ0) is 29.3. The number of piperidine rings is 1. The minimum Gasteiger partial charge on any atom is -0.744 e. The molecule has 1 fully saturated rings. The number of aryl methyl sites for hydroxylation is 2. The average Bonchev–Trinajstić information content (AvgIpc) is 3.40. The van der Waals surface area contributed by atoms with Gasteiger partial charge < -0.3 is 9.45 Å². The van der Waals surface area contributed by atoms with Crippen LogP contribution in [0.1, 0.15) is 50.2 Å².